The molecule has 0 bridgehead atoms. The smallest absolute Gasteiger partial charge is 0.397 e. The first kappa shape index (κ1) is 120. The molecule has 7 amide bonds. The Morgan fingerprint density at radius 3 is 0.722 bits per heavy atom. The summed E-state index contributed by atoms with van der Waals surface area (Å²) in [5.41, 5.74) is 0. The fraction of sp³-hybridized carbons (Fsp3) is 0.871. The molecule has 0 radical (unpaired) electrons. The highest BCUT2D eigenvalue weighted by Crippen LogP contribution is 2.25. The Labute approximate surface area is 858 Å². The van der Waals surface area contributed by atoms with Crippen LogP contribution in [-0.2, 0) is 100 Å². The summed E-state index contributed by atoms with van der Waals surface area (Å²) in [6.45, 7) is 44.6. The lowest BCUT2D eigenvalue weighted by Crippen LogP contribution is -2.55. The van der Waals surface area contributed by atoms with E-state index in [0.29, 0.717) is 154 Å². The molecule has 14 rings (SSSR count). The summed E-state index contributed by atoms with van der Waals surface area (Å²) < 4.78 is 40.7. The Bertz CT molecular complexity index is 3800. The third-order valence-electron chi connectivity index (χ3n) is 30.7. The second-order valence-corrected chi connectivity index (χ2v) is 41.4. The fourth-order valence-corrected chi connectivity index (χ4v) is 20.8. The molecule has 0 aromatic heterocycles. The van der Waals surface area contributed by atoms with Crippen molar-refractivity contribution in [3.8, 4) is 0 Å². The summed E-state index contributed by atoms with van der Waals surface area (Å²) >= 11 is 0. The third kappa shape index (κ3) is 42.1. The van der Waals surface area contributed by atoms with Gasteiger partial charge in [-0.25, -0.2) is 28.8 Å². The summed E-state index contributed by atoms with van der Waals surface area (Å²) in [7, 11) is 19.9. The van der Waals surface area contributed by atoms with Gasteiger partial charge in [0.2, 0.25) is 0 Å². The van der Waals surface area contributed by atoms with Crippen molar-refractivity contribution in [1.82, 2.24) is 108 Å². The van der Waals surface area contributed by atoms with Crippen LogP contribution in [0.2, 0.25) is 0 Å². The molecule has 0 aromatic rings. The second-order valence-electron chi connectivity index (χ2n) is 41.4. The molecule has 0 atom stereocenters. The van der Waals surface area contributed by atoms with E-state index in [4.69, 9.17) is 37.9 Å². The van der Waals surface area contributed by atoms with Crippen LogP contribution < -0.4 is 0 Å². The Balaban J connectivity index is 0.000000193. The molecule has 14 aliphatic rings. The van der Waals surface area contributed by atoms with Gasteiger partial charge in [-0.1, -0.05) is 26.2 Å². The van der Waals surface area contributed by atoms with Gasteiger partial charge in [0.25, 0.3) is 5.91 Å². The van der Waals surface area contributed by atoms with Gasteiger partial charge in [0.1, 0.15) is 13.2 Å². The van der Waals surface area contributed by atoms with Gasteiger partial charge in [0, 0.05) is 253 Å². The van der Waals surface area contributed by atoms with Crippen LogP contribution in [0, 0.1) is 0 Å². The summed E-state index contributed by atoms with van der Waals surface area (Å²) in [6, 6.07) is 3.68. The van der Waals surface area contributed by atoms with E-state index in [1.165, 1.54) is 74.0 Å². The Morgan fingerprint density at radius 2 is 0.479 bits per heavy atom. The van der Waals surface area contributed by atoms with E-state index in [2.05, 4.69) is 118 Å². The fourth-order valence-electron chi connectivity index (χ4n) is 20.8. The number of hydrogen-bond donors (Lipinski definition) is 0. The van der Waals surface area contributed by atoms with Gasteiger partial charge < -0.3 is 106 Å². The number of morpholine rings is 2. The largest absolute Gasteiger partial charge is 0.459 e. The van der Waals surface area contributed by atoms with Crippen LogP contribution in [0.4, 0.5) is 0 Å². The number of piperidine rings is 6. The summed E-state index contributed by atoms with van der Waals surface area (Å²) in [6.07, 6.45) is 19.2. The van der Waals surface area contributed by atoms with Gasteiger partial charge in [-0.05, 0) is 232 Å². The van der Waals surface area contributed by atoms with Crippen LogP contribution >= 0.6 is 0 Å². The number of amides is 7. The molecule has 14 saturated heterocycles. The van der Waals surface area contributed by atoms with Crippen LogP contribution in [0.25, 0.3) is 0 Å². The SMILES string of the molecule is CCCCCCOC(=O)C(=O)N1CCN(C2CCN(C)CC2)CC1.CCOC(=O)C(=O)N1CCN(C2CCN(C)CC2)CC1.CN(C)CCOC(=O)C(=O)N1CCN(C2CCN(C)CC2)CC1.CN1CCC(N2CCN(C(=O)C(=O)OCC(=O)N(C)C)CC2)CC1.CN1CCC(N2CCN(C(=O)C(=O)OCCCN3CCOCC3)CC2)CC1.CN1CCC(N2CCN(C(=O)C(=O)OCCN3CCOCC3)CC2)CC1. The van der Waals surface area contributed by atoms with Crippen molar-refractivity contribution >= 4 is 77.2 Å². The van der Waals surface area contributed by atoms with E-state index < -0.39 is 77.9 Å². The minimum atomic E-state index is -0.946. The highest BCUT2D eigenvalue weighted by atomic mass is 16.6. The van der Waals surface area contributed by atoms with E-state index >= 15 is 0 Å². The van der Waals surface area contributed by atoms with Gasteiger partial charge in [-0.2, -0.15) is 0 Å². The van der Waals surface area contributed by atoms with Crippen LogP contribution in [0.3, 0.4) is 0 Å². The highest BCUT2D eigenvalue weighted by Gasteiger charge is 2.40. The van der Waals surface area contributed by atoms with Crippen LogP contribution in [0.1, 0.15) is 123 Å². The topological polar surface area (TPSA) is 367 Å². The highest BCUT2D eigenvalue weighted by molar-refractivity contribution is 6.34. The average Bonchev–Trinajstić information content (AvgIpc) is 0.860. The molecule has 14 fully saturated rings. The van der Waals surface area contributed by atoms with Gasteiger partial charge in [0.15, 0.2) is 6.61 Å². The first-order chi connectivity index (χ1) is 69.3. The number of likely N-dealkylation sites (N-methyl/N-ethyl adjacent to an activating group) is 2. The van der Waals surface area contributed by atoms with Crippen LogP contribution in [-0.4, -0.2) is 639 Å². The molecule has 43 nitrogen and oxygen atoms in total. The number of nitrogens with zero attached hydrogens (tertiary/aromatic N) is 22. The lowest BCUT2D eigenvalue weighted by Gasteiger charge is -2.41. The van der Waals surface area contributed by atoms with Gasteiger partial charge in [-0.15, -0.1) is 0 Å². The summed E-state index contributed by atoms with van der Waals surface area (Å²) in [5, 5.41) is 0. The maximum atomic E-state index is 12.3. The van der Waals surface area contributed by atoms with Gasteiger partial charge >= 0.3 is 71.3 Å². The van der Waals surface area contributed by atoms with E-state index in [1.807, 2.05) is 19.0 Å². The number of carbonyl (C=O) groups is 13. The predicted molar refractivity (Wildman–Crippen MR) is 544 cm³/mol. The molecule has 14 heterocycles. The summed E-state index contributed by atoms with van der Waals surface area (Å²) in [4.78, 5) is 202. The number of likely N-dealkylation sites (tertiary alicyclic amines) is 6. The molecular formula is C101H182N22O21. The lowest BCUT2D eigenvalue weighted by atomic mass is 10.0. The van der Waals surface area contributed by atoms with Crippen molar-refractivity contribution in [2.75, 3.05) is 418 Å². The molecule has 0 spiro atoms. The number of unbranched alkanes of at least 4 members (excludes halogenated alkanes) is 3. The second kappa shape index (κ2) is 65.4. The molecule has 0 aliphatic carbocycles. The standard InChI is InChI=1S/C19H34N4O4.C18H32N4O4.C18H33N3O3.C16H28N4O4.C16H30N4O3.C14H25N3O3/c1-20-6-3-17(4-7-20)22-8-10-23(11-9-22)18(24)19(25)27-14-2-5-21-12-15-26-16-13-21;1-19-4-2-16(3-5-19)21-6-8-22(9-7-21)17(23)18(24)26-15-12-20-10-13-25-14-11-20;1-3-4-5-6-15-24-18(23)17(22)21-13-11-20(12-14-21)16-7-9-19(2)10-8-16;1-17(2)14(21)12-24-16(23)15(22)20-10-8-19(9-11-20)13-4-6-18(3)7-5-13;1-17(2)12-13-23-16(22)15(21)20-10-8-19(9-11-20)14-4-6-18(3)7-5-14;1-3-20-14(19)13(18)17-10-8-16(9-11-17)12-4-6-15(2)7-5-12/h17H,2-16H2,1H3;16H,2-15H2,1H3;16H,3-15H2,1-2H3;13H,4-12H2,1-3H3;14H,4-13H2,1-3H3;12H,3-11H2,1-2H3. The first-order valence-corrected chi connectivity index (χ1v) is 54.1. The van der Waals surface area contributed by atoms with Crippen molar-refractivity contribution < 1.29 is 100 Å². The maximum Gasteiger partial charge on any atom is 0.397 e. The van der Waals surface area contributed by atoms with E-state index in [0.717, 1.165) is 248 Å². The lowest BCUT2D eigenvalue weighted by molar-refractivity contribution is -0.163. The molecule has 144 heavy (non-hydrogen) atoms. The van der Waals surface area contributed by atoms with Crippen LogP contribution in [0.5, 0.6) is 0 Å². The molecule has 0 unspecified atom stereocenters. The Kier molecular flexibility index (Phi) is 54.5. The molecular weight excluding hydrogens is 1860 g/mol. The van der Waals surface area contributed by atoms with E-state index in [-0.39, 0.29) is 25.7 Å². The first-order valence-electron chi connectivity index (χ1n) is 54.1. The normalized spacial score (nSPS) is 22.5. The van der Waals surface area contributed by atoms with Gasteiger partial charge in [0.05, 0.1) is 46.2 Å². The van der Waals surface area contributed by atoms with Crippen molar-refractivity contribution in [3.63, 3.8) is 0 Å². The monoisotopic (exact) mass is 2040 g/mol. The van der Waals surface area contributed by atoms with Crippen molar-refractivity contribution in [3.05, 3.63) is 0 Å². The number of ether oxygens (including phenoxy) is 8. The van der Waals surface area contributed by atoms with Crippen molar-refractivity contribution in [1.29, 1.82) is 0 Å². The Hall–Kier alpha value is -7.57. The van der Waals surface area contributed by atoms with Crippen molar-refractivity contribution in [2.45, 2.75) is 159 Å². The minimum absolute atomic E-state index is 0.250. The van der Waals surface area contributed by atoms with E-state index in [1.54, 1.807) is 45.5 Å². The quantitative estimate of drug-likeness (QED) is 0.0433. The number of piperazine rings is 6. The molecule has 822 valence electrons. The molecule has 14 aliphatic heterocycles. The molecule has 0 N–H and O–H groups in total. The zero-order valence-electron chi connectivity index (χ0n) is 89.9. The average molecular weight is 2040 g/mol. The Morgan fingerprint density at radius 1 is 0.250 bits per heavy atom. The number of esters is 6. The number of carbonyl (C=O) groups excluding carboxylic acids is 13. The molecule has 0 aromatic carbocycles. The summed E-state index contributed by atoms with van der Waals surface area (Å²) in [5.74, 6) is -7.91. The van der Waals surface area contributed by atoms with Gasteiger partial charge in [-0.3, -0.25) is 72.8 Å². The third-order valence-corrected chi connectivity index (χ3v) is 30.7. The minimum Gasteiger partial charge on any atom is -0.459 e. The zero-order valence-corrected chi connectivity index (χ0v) is 89.9. The number of hydrogen-bond acceptors (Lipinski definition) is 36. The maximum absolute atomic E-state index is 12.3. The molecule has 0 saturated carbocycles. The zero-order chi connectivity index (χ0) is 104. The number of rotatable bonds is 24. The molecule has 43 heteroatoms. The van der Waals surface area contributed by atoms with Crippen LogP contribution in [0.15, 0.2) is 0 Å². The predicted octanol–water partition coefficient (Wildman–Crippen LogP) is -2.09. The van der Waals surface area contributed by atoms with Crippen molar-refractivity contribution in [2.24, 2.45) is 0 Å². The van der Waals surface area contributed by atoms with E-state index in [9.17, 15) is 62.3 Å².